The molecular weight excluding hydrogens is 290 g/mol. The van der Waals surface area contributed by atoms with Crippen molar-refractivity contribution in [3.05, 3.63) is 10.6 Å². The molecule has 1 atom stereocenters. The lowest BCUT2D eigenvalue weighted by Crippen LogP contribution is -2.38. The number of hydrogen-bond donors (Lipinski definition) is 1. The minimum absolute atomic E-state index is 0.131. The highest BCUT2D eigenvalue weighted by molar-refractivity contribution is 7.17. The Morgan fingerprint density at radius 1 is 1.52 bits per heavy atom. The number of aromatic carboxylic acids is 1. The van der Waals surface area contributed by atoms with Crippen LogP contribution in [0.15, 0.2) is 0 Å². The van der Waals surface area contributed by atoms with Gasteiger partial charge in [-0.15, -0.1) is 0 Å². The first-order chi connectivity index (χ1) is 9.93. The maximum absolute atomic E-state index is 11.5. The van der Waals surface area contributed by atoms with Crippen LogP contribution in [0.2, 0.25) is 0 Å². The van der Waals surface area contributed by atoms with Gasteiger partial charge in [-0.3, -0.25) is 9.69 Å². The van der Waals surface area contributed by atoms with Gasteiger partial charge >= 0.3 is 5.97 Å². The summed E-state index contributed by atoms with van der Waals surface area (Å²) in [5, 5.41) is 9.74. The Labute approximate surface area is 128 Å². The largest absolute Gasteiger partial charge is 0.476 e. The summed E-state index contributed by atoms with van der Waals surface area (Å²) < 4.78 is 0. The number of rotatable bonds is 6. The summed E-state index contributed by atoms with van der Waals surface area (Å²) in [6.07, 6.45) is 2.35. The van der Waals surface area contributed by atoms with Gasteiger partial charge in [0.15, 0.2) is 16.6 Å². The van der Waals surface area contributed by atoms with E-state index < -0.39 is 5.97 Å². The van der Waals surface area contributed by atoms with E-state index in [-0.39, 0.29) is 16.4 Å². The number of carboxylic acid groups (broad SMARTS) is 1. The second-order valence-corrected chi connectivity index (χ2v) is 6.32. The average Bonchev–Trinajstić information content (AvgIpc) is 3.04. The molecule has 1 aromatic heterocycles. The molecule has 0 aliphatic carbocycles. The summed E-state index contributed by atoms with van der Waals surface area (Å²) in [4.78, 5) is 31.4. The predicted octanol–water partition coefficient (Wildman–Crippen LogP) is 1.96. The summed E-state index contributed by atoms with van der Waals surface area (Å²) in [5.74, 6) is -1.40. The molecule has 1 fully saturated rings. The van der Waals surface area contributed by atoms with E-state index >= 15 is 0 Å². The van der Waals surface area contributed by atoms with Gasteiger partial charge in [0.2, 0.25) is 0 Å². The molecule has 1 aliphatic rings. The van der Waals surface area contributed by atoms with Crippen molar-refractivity contribution in [2.24, 2.45) is 0 Å². The predicted molar refractivity (Wildman–Crippen MR) is 82.6 cm³/mol. The van der Waals surface area contributed by atoms with E-state index in [4.69, 9.17) is 5.11 Å². The number of thiazole rings is 1. The van der Waals surface area contributed by atoms with Crippen LogP contribution in [0.1, 0.15) is 46.8 Å². The topological polar surface area (TPSA) is 73.7 Å². The van der Waals surface area contributed by atoms with Crippen molar-refractivity contribution < 1.29 is 14.7 Å². The first-order valence-corrected chi connectivity index (χ1v) is 7.96. The van der Waals surface area contributed by atoms with Crippen LogP contribution >= 0.6 is 11.3 Å². The number of likely N-dealkylation sites (N-methyl/N-ethyl adjacent to an activating group) is 2. The molecule has 1 saturated heterocycles. The molecule has 2 rings (SSSR count). The summed E-state index contributed by atoms with van der Waals surface area (Å²) >= 11 is 1.16. The van der Waals surface area contributed by atoms with Crippen molar-refractivity contribution in [1.82, 2.24) is 9.88 Å². The van der Waals surface area contributed by atoms with Crippen molar-refractivity contribution in [2.45, 2.75) is 32.7 Å². The lowest BCUT2D eigenvalue weighted by Gasteiger charge is -2.27. The van der Waals surface area contributed by atoms with Gasteiger partial charge in [-0.25, -0.2) is 9.78 Å². The number of hydrogen-bond acceptors (Lipinski definition) is 6. The van der Waals surface area contributed by atoms with E-state index in [0.717, 1.165) is 37.4 Å². The van der Waals surface area contributed by atoms with Gasteiger partial charge in [0.1, 0.15) is 4.88 Å². The number of aromatic nitrogens is 1. The zero-order valence-corrected chi connectivity index (χ0v) is 13.4. The Bertz CT molecular complexity index is 512. The summed E-state index contributed by atoms with van der Waals surface area (Å²) in [5.41, 5.74) is -0.131. The summed E-state index contributed by atoms with van der Waals surface area (Å²) in [6, 6.07) is 0.470. The molecule has 0 saturated carbocycles. The minimum Gasteiger partial charge on any atom is -0.476 e. The quantitative estimate of drug-likeness (QED) is 0.810. The first-order valence-electron chi connectivity index (χ1n) is 7.14. The third-order valence-electron chi connectivity index (χ3n) is 3.85. The van der Waals surface area contributed by atoms with E-state index in [0.29, 0.717) is 11.2 Å². The number of carbonyl (C=O) groups is 2. The fourth-order valence-corrected chi connectivity index (χ4v) is 3.69. The number of nitrogens with zero attached hydrogens (tertiary/aromatic N) is 3. The molecule has 116 valence electrons. The van der Waals surface area contributed by atoms with Crippen LogP contribution in [0.5, 0.6) is 0 Å². The molecule has 1 unspecified atom stereocenters. The zero-order valence-electron chi connectivity index (χ0n) is 12.6. The van der Waals surface area contributed by atoms with E-state index in [1.165, 1.54) is 13.3 Å². The number of anilines is 1. The molecule has 6 nitrogen and oxygen atoms in total. The van der Waals surface area contributed by atoms with Crippen LogP contribution in [-0.2, 0) is 0 Å². The van der Waals surface area contributed by atoms with Crippen molar-refractivity contribution >= 4 is 28.2 Å². The molecule has 1 N–H and O–H groups in total. The molecule has 2 heterocycles. The standard InChI is InChI=1S/C14H21N3O3S/c1-4-17-7-5-6-10(17)8-16(3)14-15-11(13(19)20)12(21-14)9(2)18/h10H,4-8H2,1-3H3,(H,19,20). The Hall–Kier alpha value is -1.47. The van der Waals surface area contributed by atoms with Gasteiger partial charge < -0.3 is 10.0 Å². The lowest BCUT2D eigenvalue weighted by molar-refractivity contribution is 0.0687. The number of carbonyl (C=O) groups excluding carboxylic acids is 1. The number of carboxylic acids is 1. The molecule has 0 radical (unpaired) electrons. The van der Waals surface area contributed by atoms with Gasteiger partial charge in [0, 0.05) is 26.6 Å². The Morgan fingerprint density at radius 2 is 2.24 bits per heavy atom. The summed E-state index contributed by atoms with van der Waals surface area (Å²) in [6.45, 7) is 6.47. The monoisotopic (exact) mass is 311 g/mol. The van der Waals surface area contributed by atoms with Crippen molar-refractivity contribution in [3.8, 4) is 0 Å². The minimum atomic E-state index is -1.15. The third kappa shape index (κ3) is 3.41. The van der Waals surface area contributed by atoms with Crippen LogP contribution < -0.4 is 4.90 Å². The van der Waals surface area contributed by atoms with Crippen LogP contribution in [-0.4, -0.2) is 59.5 Å². The van der Waals surface area contributed by atoms with Crippen LogP contribution in [0, 0.1) is 0 Å². The molecule has 0 spiro atoms. The van der Waals surface area contributed by atoms with Gasteiger partial charge in [0.05, 0.1) is 0 Å². The first kappa shape index (κ1) is 15.9. The third-order valence-corrected chi connectivity index (χ3v) is 5.13. The molecular formula is C14H21N3O3S. The van der Waals surface area contributed by atoms with Crippen LogP contribution in [0.25, 0.3) is 0 Å². The van der Waals surface area contributed by atoms with Crippen LogP contribution in [0.3, 0.4) is 0 Å². The highest BCUT2D eigenvalue weighted by Gasteiger charge is 2.27. The number of Topliss-reactive ketones (excluding diaryl/α,β-unsaturated/α-hetero) is 1. The fourth-order valence-electron chi connectivity index (χ4n) is 2.77. The Morgan fingerprint density at radius 3 is 2.76 bits per heavy atom. The smallest absolute Gasteiger partial charge is 0.356 e. The second-order valence-electron chi connectivity index (χ2n) is 5.34. The fraction of sp³-hybridized carbons (Fsp3) is 0.643. The zero-order chi connectivity index (χ0) is 15.6. The Balaban J connectivity index is 2.15. The van der Waals surface area contributed by atoms with E-state index in [9.17, 15) is 9.59 Å². The Kier molecular flexibility index (Phi) is 4.95. The van der Waals surface area contributed by atoms with E-state index in [1.807, 2.05) is 11.9 Å². The highest BCUT2D eigenvalue weighted by atomic mass is 32.1. The maximum Gasteiger partial charge on any atom is 0.356 e. The van der Waals surface area contributed by atoms with Gasteiger partial charge in [-0.2, -0.15) is 0 Å². The molecule has 1 aliphatic heterocycles. The van der Waals surface area contributed by atoms with Gasteiger partial charge in [-0.05, 0) is 25.9 Å². The maximum atomic E-state index is 11.5. The van der Waals surface area contributed by atoms with E-state index in [2.05, 4.69) is 16.8 Å². The second kappa shape index (κ2) is 6.53. The van der Waals surface area contributed by atoms with Gasteiger partial charge in [0.25, 0.3) is 0 Å². The normalized spacial score (nSPS) is 18.9. The molecule has 21 heavy (non-hydrogen) atoms. The lowest BCUT2D eigenvalue weighted by atomic mass is 10.2. The average molecular weight is 311 g/mol. The molecule has 1 aromatic rings. The molecule has 7 heteroatoms. The number of ketones is 1. The SMILES string of the molecule is CCN1CCCC1CN(C)c1nc(C(=O)O)c(C(C)=O)s1. The molecule has 0 bridgehead atoms. The molecule has 0 aromatic carbocycles. The number of likely N-dealkylation sites (tertiary alicyclic amines) is 1. The van der Waals surface area contributed by atoms with Crippen molar-refractivity contribution in [3.63, 3.8) is 0 Å². The highest BCUT2D eigenvalue weighted by Crippen LogP contribution is 2.28. The van der Waals surface area contributed by atoms with Gasteiger partial charge in [-0.1, -0.05) is 18.3 Å². The van der Waals surface area contributed by atoms with Crippen LogP contribution in [0.4, 0.5) is 5.13 Å². The van der Waals surface area contributed by atoms with Crippen molar-refractivity contribution in [2.75, 3.05) is 31.6 Å². The summed E-state index contributed by atoms with van der Waals surface area (Å²) in [7, 11) is 1.90. The van der Waals surface area contributed by atoms with Crippen molar-refractivity contribution in [1.29, 1.82) is 0 Å². The van der Waals surface area contributed by atoms with E-state index in [1.54, 1.807) is 0 Å². The molecule has 0 amide bonds.